The van der Waals surface area contributed by atoms with Crippen LogP contribution in [-0.4, -0.2) is 97.0 Å². The Balaban J connectivity index is 1.56. The summed E-state index contributed by atoms with van der Waals surface area (Å²) in [4.78, 5) is 22.1. The number of aliphatic hydroxyl groups is 3. The van der Waals surface area contributed by atoms with Crippen LogP contribution in [0.1, 0.15) is 77.9 Å². The number of rotatable bonds is 22. The number of unbranched alkanes of at least 4 members (excludes halogenated alkanes) is 2. The van der Waals surface area contributed by atoms with E-state index in [9.17, 15) is 29.8 Å². The number of benzene rings is 3. The second-order valence-electron chi connectivity index (χ2n) is 15.4. The molecule has 3 N–H and O–H groups in total. The molecule has 6 atom stereocenters. The molecule has 3 aromatic carbocycles. The van der Waals surface area contributed by atoms with Gasteiger partial charge in [0.2, 0.25) is 5.79 Å². The molecule has 1 aliphatic heterocycles. The van der Waals surface area contributed by atoms with E-state index in [2.05, 4.69) is 23.9 Å². The minimum Gasteiger partial charge on any atom is -0.489 e. The average molecular weight is 826 g/mol. The van der Waals surface area contributed by atoms with Crippen LogP contribution >= 0.6 is 0 Å². The Bertz CT molecular complexity index is 2020. The van der Waals surface area contributed by atoms with Gasteiger partial charge in [-0.3, -0.25) is 4.79 Å². The van der Waals surface area contributed by atoms with Crippen molar-refractivity contribution in [1.29, 1.82) is 5.26 Å². The summed E-state index contributed by atoms with van der Waals surface area (Å²) < 4.78 is 41.0. The van der Waals surface area contributed by atoms with Gasteiger partial charge < -0.3 is 44.0 Å². The number of nitrogens with zero attached hydrogens (tertiary/aromatic N) is 3. The van der Waals surface area contributed by atoms with Crippen LogP contribution in [0.5, 0.6) is 11.5 Å². The van der Waals surface area contributed by atoms with Gasteiger partial charge in [-0.1, -0.05) is 48.3 Å². The highest BCUT2D eigenvalue weighted by atomic mass is 19.1. The van der Waals surface area contributed by atoms with Crippen LogP contribution in [0, 0.1) is 34.9 Å². The van der Waals surface area contributed by atoms with Gasteiger partial charge in [0.25, 0.3) is 5.91 Å². The normalized spacial score (nSPS) is 23.4. The van der Waals surface area contributed by atoms with Gasteiger partial charge in [0, 0.05) is 48.8 Å². The highest BCUT2D eigenvalue weighted by Crippen LogP contribution is 2.62. The molecule has 60 heavy (non-hydrogen) atoms. The van der Waals surface area contributed by atoms with Crippen molar-refractivity contribution in [2.45, 2.75) is 69.3 Å². The summed E-state index contributed by atoms with van der Waals surface area (Å²) in [6, 6.07) is 19.8. The van der Waals surface area contributed by atoms with E-state index >= 15 is 0 Å². The first kappa shape index (κ1) is 44.5. The Hall–Kier alpha value is -5.10. The van der Waals surface area contributed by atoms with Crippen molar-refractivity contribution >= 4 is 11.6 Å². The van der Waals surface area contributed by atoms with Crippen molar-refractivity contribution in [2.75, 3.05) is 53.3 Å². The summed E-state index contributed by atoms with van der Waals surface area (Å²) in [6.07, 6.45) is 8.40. The van der Waals surface area contributed by atoms with Gasteiger partial charge in [-0.25, -0.2) is 4.39 Å². The Morgan fingerprint density at radius 3 is 2.50 bits per heavy atom. The summed E-state index contributed by atoms with van der Waals surface area (Å²) in [5, 5.41) is 43.4. The van der Waals surface area contributed by atoms with Crippen molar-refractivity contribution in [2.24, 2.45) is 22.9 Å². The number of fused-ring (bicyclic) bond motifs is 2. The molecule has 0 aromatic heterocycles. The first-order chi connectivity index (χ1) is 29.3. The van der Waals surface area contributed by atoms with Crippen molar-refractivity contribution in [1.82, 2.24) is 4.90 Å². The number of halogens is 1. The molecule has 320 valence electrons. The number of carbonyl (C=O) groups excluding carboxylic acids is 1. The fourth-order valence-corrected chi connectivity index (χ4v) is 9.21. The molecule has 2 aliphatic carbocycles. The molecule has 6 rings (SSSR count). The Morgan fingerprint density at radius 1 is 1.03 bits per heavy atom. The lowest BCUT2D eigenvalue weighted by molar-refractivity contribution is -0.254. The highest BCUT2D eigenvalue weighted by Gasteiger charge is 2.65. The van der Waals surface area contributed by atoms with Crippen LogP contribution in [0.2, 0.25) is 0 Å². The molecule has 1 saturated carbocycles. The Labute approximate surface area is 351 Å². The molecule has 0 spiro atoms. The quantitative estimate of drug-likeness (QED) is 0.0565. The molecule has 12 nitrogen and oxygen atoms in total. The van der Waals surface area contributed by atoms with Crippen molar-refractivity contribution in [3.05, 3.63) is 119 Å². The second kappa shape index (κ2) is 21.4. The molecular formula is C47H56FN3O9. The summed E-state index contributed by atoms with van der Waals surface area (Å²) in [6.45, 7) is 4.29. The van der Waals surface area contributed by atoms with E-state index in [1.807, 2.05) is 12.1 Å². The SMILES string of the molecule is C=CCO[C@@]12Oc3ccc(OCc4ccccc4F)cc3[C@H]3[C@H](CCCCO)[C@@H](CCCCO)C=C(C(=NOC)C[C@@H]1N(CCOCCO)C(=O)c1ccc(C#N)cc1)[C@H]32. The molecule has 0 radical (unpaired) electrons. The lowest BCUT2D eigenvalue weighted by Gasteiger charge is -2.60. The number of aliphatic hydroxyl groups excluding tert-OH is 3. The third-order valence-electron chi connectivity index (χ3n) is 11.8. The van der Waals surface area contributed by atoms with Gasteiger partial charge in [-0.05, 0) is 91.6 Å². The molecule has 0 unspecified atom stereocenters. The molecule has 13 heteroatoms. The average Bonchev–Trinajstić information content (AvgIpc) is 3.27. The van der Waals surface area contributed by atoms with Crippen LogP contribution in [-0.2, 0) is 20.9 Å². The lowest BCUT2D eigenvalue weighted by atomic mass is 9.55. The number of nitriles is 1. The van der Waals surface area contributed by atoms with Gasteiger partial charge in [0.15, 0.2) is 0 Å². The third-order valence-corrected chi connectivity index (χ3v) is 11.8. The predicted molar refractivity (Wildman–Crippen MR) is 223 cm³/mol. The van der Waals surface area contributed by atoms with Crippen LogP contribution < -0.4 is 9.47 Å². The monoisotopic (exact) mass is 825 g/mol. The summed E-state index contributed by atoms with van der Waals surface area (Å²) in [5.74, 6) is -1.98. The maximum absolute atomic E-state index is 14.9. The van der Waals surface area contributed by atoms with Gasteiger partial charge in [-0.2, -0.15) is 5.26 Å². The summed E-state index contributed by atoms with van der Waals surface area (Å²) in [7, 11) is 1.49. The number of hydrogen-bond acceptors (Lipinski definition) is 11. The number of ether oxygens (including phenoxy) is 4. The van der Waals surface area contributed by atoms with E-state index < -0.39 is 17.7 Å². The Kier molecular flexibility index (Phi) is 15.9. The van der Waals surface area contributed by atoms with Crippen molar-refractivity contribution < 1.29 is 48.3 Å². The first-order valence-electron chi connectivity index (χ1n) is 20.8. The summed E-state index contributed by atoms with van der Waals surface area (Å²) >= 11 is 0. The van der Waals surface area contributed by atoms with E-state index in [-0.39, 0.29) is 88.7 Å². The largest absolute Gasteiger partial charge is 0.489 e. The zero-order valence-corrected chi connectivity index (χ0v) is 34.2. The minimum absolute atomic E-state index is 0.0130. The second-order valence-corrected chi connectivity index (χ2v) is 15.4. The van der Waals surface area contributed by atoms with E-state index in [1.54, 1.807) is 59.5 Å². The number of hydrogen-bond donors (Lipinski definition) is 3. The van der Waals surface area contributed by atoms with Crippen molar-refractivity contribution in [3.8, 4) is 17.6 Å². The van der Waals surface area contributed by atoms with E-state index in [1.165, 1.54) is 13.2 Å². The van der Waals surface area contributed by atoms with Crippen LogP contribution in [0.25, 0.3) is 0 Å². The van der Waals surface area contributed by atoms with Gasteiger partial charge in [-0.15, -0.1) is 6.58 Å². The van der Waals surface area contributed by atoms with Crippen LogP contribution in [0.3, 0.4) is 0 Å². The maximum atomic E-state index is 14.9. The summed E-state index contributed by atoms with van der Waals surface area (Å²) in [5.41, 5.74) is 3.55. The molecule has 3 aromatic rings. The predicted octanol–water partition coefficient (Wildman–Crippen LogP) is 6.69. The van der Waals surface area contributed by atoms with Gasteiger partial charge in [0.05, 0.1) is 49.7 Å². The Morgan fingerprint density at radius 2 is 1.80 bits per heavy atom. The third kappa shape index (κ3) is 9.75. The first-order valence-corrected chi connectivity index (χ1v) is 20.8. The molecule has 1 fully saturated rings. The number of carbonyl (C=O) groups is 1. The van der Waals surface area contributed by atoms with Crippen molar-refractivity contribution in [3.63, 3.8) is 0 Å². The molecule has 0 saturated heterocycles. The van der Waals surface area contributed by atoms with E-state index in [0.717, 1.165) is 36.8 Å². The van der Waals surface area contributed by atoms with Gasteiger partial charge >= 0.3 is 0 Å². The fraction of sp³-hybridized carbons (Fsp3) is 0.468. The topological polar surface area (TPSA) is 163 Å². The lowest BCUT2D eigenvalue weighted by Crippen LogP contribution is -2.70. The molecular weight excluding hydrogens is 770 g/mol. The number of oxime groups is 1. The smallest absolute Gasteiger partial charge is 0.254 e. The zero-order valence-electron chi connectivity index (χ0n) is 34.2. The molecule has 1 heterocycles. The van der Waals surface area contributed by atoms with Crippen LogP contribution in [0.15, 0.2) is 96.2 Å². The van der Waals surface area contributed by atoms with E-state index in [4.69, 9.17) is 23.8 Å². The molecule has 0 bridgehead atoms. The number of allylic oxidation sites excluding steroid dienone is 1. The minimum atomic E-state index is -1.51. The van der Waals surface area contributed by atoms with Gasteiger partial charge in [0.1, 0.15) is 37.1 Å². The highest BCUT2D eigenvalue weighted by molar-refractivity contribution is 6.03. The number of amides is 1. The molecule has 3 aliphatic rings. The fourth-order valence-electron chi connectivity index (χ4n) is 9.21. The van der Waals surface area contributed by atoms with E-state index in [0.29, 0.717) is 46.7 Å². The van der Waals surface area contributed by atoms with Crippen LogP contribution in [0.4, 0.5) is 4.39 Å². The maximum Gasteiger partial charge on any atom is 0.254 e. The standard InChI is InChI=1S/C47H56FN3O9/c1-3-24-59-47-43(51(20-25-57-26-23-54)46(55)33-16-14-32(30-49)15-17-33)29-41(50-56-2)38-27-34(10-6-8-21-52)37(12-7-9-22-53)44(45(38)47)39-28-36(18-19-42(39)60-47)58-31-35-11-4-5-13-40(35)48/h3-5,11,13-19,27-28,34,37,43-45,52-54H,1,6-10,12,20-26,29,31H2,2H3/t34-,37+,43-,44+,45+,47+/m0/s1. The molecule has 1 amide bonds. The zero-order chi connectivity index (χ0) is 42.5.